The maximum absolute atomic E-state index is 13.1. The number of hydrogen-bond acceptors (Lipinski definition) is 3. The number of methoxy groups -OCH3 is 1. The van der Waals surface area contributed by atoms with Gasteiger partial charge < -0.3 is 15.4 Å². The van der Waals surface area contributed by atoms with Gasteiger partial charge >= 0.3 is 0 Å². The number of benzene rings is 2. The number of nitrogens with one attached hydrogen (secondary N) is 2. The van der Waals surface area contributed by atoms with Gasteiger partial charge in [0.2, 0.25) is 5.91 Å². The molecular weight excluding hydrogens is 347 g/mol. The molecule has 0 heterocycles. The number of ether oxygens (including phenoxy) is 1. The molecule has 2 atom stereocenters. The maximum atomic E-state index is 13.1. The minimum atomic E-state index is -0.692. The molecule has 27 heavy (non-hydrogen) atoms. The molecule has 0 bridgehead atoms. The second kappa shape index (κ2) is 9.16. The molecule has 2 rings (SSSR count). The van der Waals surface area contributed by atoms with E-state index in [1.165, 1.54) is 12.1 Å². The van der Waals surface area contributed by atoms with Gasteiger partial charge in [0.15, 0.2) is 0 Å². The third kappa shape index (κ3) is 5.54. The Morgan fingerprint density at radius 1 is 0.926 bits per heavy atom. The van der Waals surface area contributed by atoms with Crippen molar-refractivity contribution in [2.75, 3.05) is 7.11 Å². The second-order valence-corrected chi connectivity index (χ2v) is 6.71. The number of halogens is 1. The van der Waals surface area contributed by atoms with Crippen molar-refractivity contribution in [3.8, 4) is 5.75 Å². The molecule has 0 spiro atoms. The summed E-state index contributed by atoms with van der Waals surface area (Å²) in [6.45, 7) is 5.54. The van der Waals surface area contributed by atoms with Crippen LogP contribution in [0.1, 0.15) is 42.7 Å². The number of hydrogen-bond donors (Lipinski definition) is 2. The van der Waals surface area contributed by atoms with Crippen molar-refractivity contribution in [2.24, 2.45) is 5.92 Å². The lowest BCUT2D eigenvalue weighted by atomic mass is 10.0. The molecule has 5 nitrogen and oxygen atoms in total. The first kappa shape index (κ1) is 20.4. The molecule has 0 unspecified atom stereocenters. The predicted molar refractivity (Wildman–Crippen MR) is 102 cm³/mol. The lowest BCUT2D eigenvalue weighted by Crippen LogP contribution is -2.50. The van der Waals surface area contributed by atoms with Gasteiger partial charge in [-0.15, -0.1) is 0 Å². The largest absolute Gasteiger partial charge is 0.497 e. The van der Waals surface area contributed by atoms with Crippen LogP contribution in [-0.2, 0) is 4.79 Å². The molecule has 0 saturated heterocycles. The van der Waals surface area contributed by atoms with Gasteiger partial charge in [-0.25, -0.2) is 4.39 Å². The molecule has 0 saturated carbocycles. The van der Waals surface area contributed by atoms with Crippen LogP contribution in [0.15, 0.2) is 48.5 Å². The third-order valence-electron chi connectivity index (χ3n) is 4.32. The highest BCUT2D eigenvalue weighted by Crippen LogP contribution is 2.15. The van der Waals surface area contributed by atoms with Gasteiger partial charge in [-0.3, -0.25) is 9.59 Å². The molecule has 2 amide bonds. The van der Waals surface area contributed by atoms with Crippen LogP contribution in [0.2, 0.25) is 0 Å². The lowest BCUT2D eigenvalue weighted by Gasteiger charge is -2.24. The molecule has 2 N–H and O–H groups in total. The van der Waals surface area contributed by atoms with E-state index in [2.05, 4.69) is 10.6 Å². The molecule has 2 aromatic carbocycles. The summed E-state index contributed by atoms with van der Waals surface area (Å²) in [5.41, 5.74) is 1.23. The van der Waals surface area contributed by atoms with E-state index in [0.29, 0.717) is 11.3 Å². The Bertz CT molecular complexity index is 773. The molecular formula is C21H25FN2O3. The zero-order valence-corrected chi connectivity index (χ0v) is 16.0. The van der Waals surface area contributed by atoms with Crippen molar-refractivity contribution >= 4 is 11.8 Å². The average molecular weight is 372 g/mol. The first-order valence-corrected chi connectivity index (χ1v) is 8.82. The van der Waals surface area contributed by atoms with Crippen molar-refractivity contribution in [3.63, 3.8) is 0 Å². The standard InChI is InChI=1S/C21H25FN2O3/c1-13(2)19(24-20(25)16-7-11-18(27-4)12-8-16)21(26)23-14(3)15-5-9-17(22)10-6-15/h5-14,19H,1-4H3,(H,23,26)(H,24,25)/t14-,19-/m0/s1. The van der Waals surface area contributed by atoms with Gasteiger partial charge in [0, 0.05) is 5.56 Å². The van der Waals surface area contributed by atoms with Crippen LogP contribution in [0.25, 0.3) is 0 Å². The van der Waals surface area contributed by atoms with Crippen LogP contribution in [0.3, 0.4) is 0 Å². The molecule has 0 fully saturated rings. The van der Waals surface area contributed by atoms with E-state index in [1.807, 2.05) is 20.8 Å². The summed E-state index contributed by atoms with van der Waals surface area (Å²) in [6.07, 6.45) is 0. The molecule has 0 aromatic heterocycles. The Morgan fingerprint density at radius 3 is 2.04 bits per heavy atom. The van der Waals surface area contributed by atoms with Gasteiger partial charge in [0.1, 0.15) is 17.6 Å². The molecule has 0 aliphatic carbocycles. The summed E-state index contributed by atoms with van der Waals surface area (Å²) < 4.78 is 18.1. The van der Waals surface area contributed by atoms with Crippen LogP contribution in [-0.4, -0.2) is 25.0 Å². The van der Waals surface area contributed by atoms with Crippen molar-refractivity contribution < 1.29 is 18.7 Å². The Hall–Kier alpha value is -2.89. The Morgan fingerprint density at radius 2 is 1.52 bits per heavy atom. The minimum absolute atomic E-state index is 0.104. The highest BCUT2D eigenvalue weighted by molar-refractivity contribution is 5.97. The summed E-state index contributed by atoms with van der Waals surface area (Å²) in [7, 11) is 1.55. The first-order chi connectivity index (χ1) is 12.8. The highest BCUT2D eigenvalue weighted by Gasteiger charge is 2.26. The molecule has 0 aliphatic heterocycles. The van der Waals surface area contributed by atoms with E-state index in [1.54, 1.807) is 43.5 Å². The van der Waals surface area contributed by atoms with Gasteiger partial charge in [-0.05, 0) is 54.8 Å². The van der Waals surface area contributed by atoms with E-state index in [0.717, 1.165) is 5.56 Å². The summed E-state index contributed by atoms with van der Waals surface area (Å²) in [5.74, 6) is -0.404. The number of carbonyl (C=O) groups excluding carboxylic acids is 2. The fourth-order valence-corrected chi connectivity index (χ4v) is 2.64. The number of amides is 2. The average Bonchev–Trinajstić information content (AvgIpc) is 2.66. The van der Waals surface area contributed by atoms with Crippen LogP contribution in [0, 0.1) is 11.7 Å². The van der Waals surface area contributed by atoms with Gasteiger partial charge in [0.25, 0.3) is 5.91 Å². The minimum Gasteiger partial charge on any atom is -0.497 e. The SMILES string of the molecule is COc1ccc(C(=O)N[C@H](C(=O)N[C@@H](C)c2ccc(F)cc2)C(C)C)cc1. The van der Waals surface area contributed by atoms with E-state index in [-0.39, 0.29) is 29.6 Å². The number of rotatable bonds is 7. The van der Waals surface area contributed by atoms with Crippen molar-refractivity contribution in [2.45, 2.75) is 32.9 Å². The van der Waals surface area contributed by atoms with E-state index in [4.69, 9.17) is 4.74 Å². The first-order valence-electron chi connectivity index (χ1n) is 8.82. The predicted octanol–water partition coefficient (Wildman–Crippen LogP) is 3.47. The lowest BCUT2D eigenvalue weighted by molar-refractivity contribution is -0.124. The normalized spacial score (nSPS) is 13.0. The smallest absolute Gasteiger partial charge is 0.251 e. The molecule has 6 heteroatoms. The zero-order chi connectivity index (χ0) is 20.0. The maximum Gasteiger partial charge on any atom is 0.251 e. The van der Waals surface area contributed by atoms with E-state index in [9.17, 15) is 14.0 Å². The van der Waals surface area contributed by atoms with Crippen molar-refractivity contribution in [3.05, 3.63) is 65.5 Å². The third-order valence-corrected chi connectivity index (χ3v) is 4.32. The van der Waals surface area contributed by atoms with Crippen molar-refractivity contribution in [1.82, 2.24) is 10.6 Å². The summed E-state index contributed by atoms with van der Waals surface area (Å²) in [5, 5.41) is 5.66. The summed E-state index contributed by atoms with van der Waals surface area (Å²) in [6, 6.07) is 11.6. The van der Waals surface area contributed by atoms with E-state index >= 15 is 0 Å². The van der Waals surface area contributed by atoms with Crippen LogP contribution in [0.4, 0.5) is 4.39 Å². The van der Waals surface area contributed by atoms with Crippen LogP contribution < -0.4 is 15.4 Å². The highest BCUT2D eigenvalue weighted by atomic mass is 19.1. The summed E-state index contributed by atoms with van der Waals surface area (Å²) in [4.78, 5) is 25.2. The molecule has 144 valence electrons. The topological polar surface area (TPSA) is 67.4 Å². The quantitative estimate of drug-likeness (QED) is 0.782. The van der Waals surface area contributed by atoms with Gasteiger partial charge in [-0.2, -0.15) is 0 Å². The van der Waals surface area contributed by atoms with Crippen molar-refractivity contribution in [1.29, 1.82) is 0 Å². The van der Waals surface area contributed by atoms with E-state index < -0.39 is 6.04 Å². The van der Waals surface area contributed by atoms with Crippen LogP contribution >= 0.6 is 0 Å². The second-order valence-electron chi connectivity index (χ2n) is 6.71. The van der Waals surface area contributed by atoms with Gasteiger partial charge in [-0.1, -0.05) is 26.0 Å². The Balaban J connectivity index is 2.05. The fourth-order valence-electron chi connectivity index (χ4n) is 2.64. The molecule has 0 radical (unpaired) electrons. The Kier molecular flexibility index (Phi) is 6.93. The summed E-state index contributed by atoms with van der Waals surface area (Å²) >= 11 is 0. The fraction of sp³-hybridized carbons (Fsp3) is 0.333. The zero-order valence-electron chi connectivity index (χ0n) is 16.0. The monoisotopic (exact) mass is 372 g/mol. The van der Waals surface area contributed by atoms with Gasteiger partial charge in [0.05, 0.1) is 13.2 Å². The molecule has 0 aliphatic rings. The van der Waals surface area contributed by atoms with Crippen LogP contribution in [0.5, 0.6) is 5.75 Å². The Labute approximate surface area is 158 Å². The molecule has 2 aromatic rings. The number of carbonyl (C=O) groups is 2.